The lowest BCUT2D eigenvalue weighted by molar-refractivity contribution is -0.158. The van der Waals surface area contributed by atoms with Crippen LogP contribution in [0.2, 0.25) is 0 Å². The maximum atomic E-state index is 12.1. The molecule has 7 heteroatoms. The summed E-state index contributed by atoms with van der Waals surface area (Å²) in [5.41, 5.74) is 1.33. The largest absolute Gasteiger partial charge is 0.479 e. The number of carbonyl (C=O) groups excluding carboxylic acids is 1. The molecule has 0 aliphatic carbocycles. The predicted molar refractivity (Wildman–Crippen MR) is 119 cm³/mol. The Balaban J connectivity index is 1.28. The Bertz CT molecular complexity index is 851. The van der Waals surface area contributed by atoms with Crippen molar-refractivity contribution in [2.75, 3.05) is 46.0 Å². The van der Waals surface area contributed by atoms with E-state index in [0.29, 0.717) is 19.7 Å². The second-order valence-electron chi connectivity index (χ2n) is 7.84. The minimum Gasteiger partial charge on any atom is -0.479 e. The minimum atomic E-state index is -1.12. The van der Waals surface area contributed by atoms with Crippen molar-refractivity contribution in [2.24, 2.45) is 0 Å². The standard InChI is InChI=1S/C24H32N2O5/c27-23(26-13-11-25-12-14-26)18-31-22(24(28)29)17-30-15-5-1-2-6-19-9-10-20-7-3-4-8-21(20)16-19/h3-4,7-10,16,22,25H,1-2,5-6,11-15,17-18H2,(H,28,29). The van der Waals surface area contributed by atoms with Gasteiger partial charge in [0.1, 0.15) is 6.61 Å². The number of aliphatic carboxylic acids is 1. The molecule has 0 saturated carbocycles. The van der Waals surface area contributed by atoms with Crippen molar-refractivity contribution < 1.29 is 24.2 Å². The number of carboxylic acids is 1. The van der Waals surface area contributed by atoms with E-state index in [2.05, 4.69) is 41.7 Å². The fourth-order valence-corrected chi connectivity index (χ4v) is 3.66. The number of aryl methyl sites for hydroxylation is 1. The Morgan fingerprint density at radius 2 is 1.81 bits per heavy atom. The molecule has 168 valence electrons. The molecule has 1 heterocycles. The Hall–Kier alpha value is -2.48. The van der Waals surface area contributed by atoms with Crippen molar-refractivity contribution in [2.45, 2.75) is 31.8 Å². The predicted octanol–water partition coefficient (Wildman–Crippen LogP) is 2.47. The zero-order valence-corrected chi connectivity index (χ0v) is 17.9. The summed E-state index contributed by atoms with van der Waals surface area (Å²) in [7, 11) is 0. The van der Waals surface area contributed by atoms with E-state index in [9.17, 15) is 14.7 Å². The lowest BCUT2D eigenvalue weighted by atomic mass is 10.0. The maximum absolute atomic E-state index is 12.1. The van der Waals surface area contributed by atoms with Gasteiger partial charge in [-0.05, 0) is 35.6 Å². The molecule has 2 N–H and O–H groups in total. The van der Waals surface area contributed by atoms with Gasteiger partial charge in [-0.25, -0.2) is 4.79 Å². The van der Waals surface area contributed by atoms with Crippen molar-refractivity contribution in [3.05, 3.63) is 48.0 Å². The highest BCUT2D eigenvalue weighted by molar-refractivity contribution is 5.83. The van der Waals surface area contributed by atoms with Gasteiger partial charge in [0.25, 0.3) is 0 Å². The van der Waals surface area contributed by atoms with E-state index in [1.807, 2.05) is 6.07 Å². The number of carboxylic acid groups (broad SMARTS) is 1. The molecular weight excluding hydrogens is 396 g/mol. The molecule has 1 atom stereocenters. The molecule has 2 aromatic rings. The highest BCUT2D eigenvalue weighted by atomic mass is 16.6. The van der Waals surface area contributed by atoms with Crippen molar-refractivity contribution in [1.82, 2.24) is 10.2 Å². The lowest BCUT2D eigenvalue weighted by Crippen LogP contribution is -2.48. The van der Waals surface area contributed by atoms with Crippen LogP contribution < -0.4 is 5.32 Å². The molecule has 1 aliphatic rings. The van der Waals surface area contributed by atoms with Gasteiger partial charge in [0.15, 0.2) is 6.10 Å². The zero-order valence-electron chi connectivity index (χ0n) is 17.9. The Kier molecular flexibility index (Phi) is 9.27. The number of ether oxygens (including phenoxy) is 2. The number of amides is 1. The SMILES string of the molecule is O=C(O)C(COCCCCCc1ccc2ccccc2c1)OCC(=O)N1CCNCC1. The monoisotopic (exact) mass is 428 g/mol. The molecule has 7 nitrogen and oxygen atoms in total. The smallest absolute Gasteiger partial charge is 0.335 e. The Labute approximate surface area is 183 Å². The number of nitrogens with one attached hydrogen (secondary N) is 1. The van der Waals surface area contributed by atoms with Gasteiger partial charge >= 0.3 is 5.97 Å². The lowest BCUT2D eigenvalue weighted by Gasteiger charge is -2.27. The molecule has 0 radical (unpaired) electrons. The number of benzene rings is 2. The first-order valence-electron chi connectivity index (χ1n) is 11.0. The Morgan fingerprint density at radius 3 is 2.58 bits per heavy atom. The van der Waals surface area contributed by atoms with Crippen LogP contribution in [0.4, 0.5) is 0 Å². The first-order chi connectivity index (χ1) is 15.1. The second kappa shape index (κ2) is 12.4. The van der Waals surface area contributed by atoms with Crippen LogP contribution in [0.15, 0.2) is 42.5 Å². The van der Waals surface area contributed by atoms with Crippen LogP contribution in [0.25, 0.3) is 10.8 Å². The molecule has 1 unspecified atom stereocenters. The van der Waals surface area contributed by atoms with E-state index in [1.54, 1.807) is 4.90 Å². The van der Waals surface area contributed by atoms with E-state index < -0.39 is 12.1 Å². The number of nitrogens with zero attached hydrogens (tertiary/aromatic N) is 1. The number of rotatable bonds is 12. The van der Waals surface area contributed by atoms with Gasteiger partial charge in [-0.2, -0.15) is 0 Å². The number of fused-ring (bicyclic) bond motifs is 1. The third-order valence-electron chi connectivity index (χ3n) is 5.49. The Morgan fingerprint density at radius 1 is 1.03 bits per heavy atom. The summed E-state index contributed by atoms with van der Waals surface area (Å²) in [4.78, 5) is 25.2. The number of hydrogen-bond donors (Lipinski definition) is 2. The van der Waals surface area contributed by atoms with Gasteiger partial charge in [-0.15, -0.1) is 0 Å². The average molecular weight is 429 g/mol. The summed E-state index contributed by atoms with van der Waals surface area (Å²) in [6.45, 7) is 2.94. The highest BCUT2D eigenvalue weighted by Gasteiger charge is 2.22. The third-order valence-corrected chi connectivity index (χ3v) is 5.49. The number of carbonyl (C=O) groups is 2. The van der Waals surface area contributed by atoms with E-state index in [4.69, 9.17) is 9.47 Å². The number of hydrogen-bond acceptors (Lipinski definition) is 5. The maximum Gasteiger partial charge on any atom is 0.335 e. The quantitative estimate of drug-likeness (QED) is 0.505. The topological polar surface area (TPSA) is 88.1 Å². The molecule has 31 heavy (non-hydrogen) atoms. The van der Waals surface area contributed by atoms with E-state index >= 15 is 0 Å². The summed E-state index contributed by atoms with van der Waals surface area (Å²) < 4.78 is 10.8. The molecule has 0 bridgehead atoms. The molecular formula is C24H32N2O5. The van der Waals surface area contributed by atoms with Gasteiger partial charge in [-0.3, -0.25) is 4.79 Å². The van der Waals surface area contributed by atoms with E-state index in [-0.39, 0.29) is 19.1 Å². The highest BCUT2D eigenvalue weighted by Crippen LogP contribution is 2.17. The van der Waals surface area contributed by atoms with Gasteiger partial charge in [0, 0.05) is 32.8 Å². The number of unbranched alkanes of at least 4 members (excludes halogenated alkanes) is 2. The van der Waals surface area contributed by atoms with E-state index in [0.717, 1.165) is 38.8 Å². The molecule has 3 rings (SSSR count). The van der Waals surface area contributed by atoms with Crippen molar-refractivity contribution in [1.29, 1.82) is 0 Å². The molecule has 1 amide bonds. The van der Waals surface area contributed by atoms with Crippen LogP contribution in [0, 0.1) is 0 Å². The molecule has 0 aromatic heterocycles. The van der Waals surface area contributed by atoms with Crippen LogP contribution in [-0.4, -0.2) is 74.0 Å². The van der Waals surface area contributed by atoms with Gasteiger partial charge in [0.05, 0.1) is 6.61 Å². The summed E-state index contributed by atoms with van der Waals surface area (Å²) in [6.07, 6.45) is 2.82. The fraction of sp³-hybridized carbons (Fsp3) is 0.500. The second-order valence-corrected chi connectivity index (χ2v) is 7.84. The first-order valence-corrected chi connectivity index (χ1v) is 11.0. The van der Waals surface area contributed by atoms with Gasteiger partial charge in [0.2, 0.25) is 5.91 Å². The fourth-order valence-electron chi connectivity index (χ4n) is 3.66. The molecule has 1 fully saturated rings. The molecule has 0 spiro atoms. The zero-order chi connectivity index (χ0) is 21.9. The molecule has 2 aromatic carbocycles. The molecule has 1 saturated heterocycles. The average Bonchev–Trinajstić information content (AvgIpc) is 2.80. The minimum absolute atomic E-state index is 0.0468. The summed E-state index contributed by atoms with van der Waals surface area (Å²) in [6, 6.07) is 14.9. The number of piperazine rings is 1. The third kappa shape index (κ3) is 7.61. The normalized spacial score (nSPS) is 15.2. The molecule has 1 aliphatic heterocycles. The van der Waals surface area contributed by atoms with Crippen LogP contribution in [-0.2, 0) is 25.5 Å². The van der Waals surface area contributed by atoms with Crippen LogP contribution in [0.1, 0.15) is 24.8 Å². The van der Waals surface area contributed by atoms with Gasteiger partial charge in [-0.1, -0.05) is 48.9 Å². The van der Waals surface area contributed by atoms with Gasteiger partial charge < -0.3 is 24.8 Å². The van der Waals surface area contributed by atoms with Crippen LogP contribution in [0.3, 0.4) is 0 Å². The summed E-state index contributed by atoms with van der Waals surface area (Å²) in [5, 5.41) is 15.0. The van der Waals surface area contributed by atoms with E-state index in [1.165, 1.54) is 16.3 Å². The van der Waals surface area contributed by atoms with Crippen LogP contribution in [0.5, 0.6) is 0 Å². The van der Waals surface area contributed by atoms with Crippen LogP contribution >= 0.6 is 0 Å². The summed E-state index contributed by atoms with van der Waals surface area (Å²) in [5.74, 6) is -1.29. The van der Waals surface area contributed by atoms with Crippen molar-refractivity contribution in [3.8, 4) is 0 Å². The summed E-state index contributed by atoms with van der Waals surface area (Å²) >= 11 is 0. The van der Waals surface area contributed by atoms with Crippen molar-refractivity contribution in [3.63, 3.8) is 0 Å². The van der Waals surface area contributed by atoms with Crippen molar-refractivity contribution >= 4 is 22.6 Å². The first kappa shape index (κ1) is 23.2.